The van der Waals surface area contributed by atoms with Gasteiger partial charge >= 0.3 is 5.97 Å². The second-order valence-corrected chi connectivity index (χ2v) is 8.69. The number of esters is 1. The number of benzene rings is 3. The van der Waals surface area contributed by atoms with Crippen LogP contribution >= 0.6 is 15.9 Å². The Morgan fingerprint density at radius 3 is 2.66 bits per heavy atom. The molecule has 0 fully saturated rings. The molecule has 1 unspecified atom stereocenters. The number of nitrogens with zero attached hydrogens (tertiary/aromatic N) is 2. The number of hydrogen-bond acceptors (Lipinski definition) is 4. The molecule has 0 radical (unpaired) electrons. The van der Waals surface area contributed by atoms with E-state index in [9.17, 15) is 9.59 Å². The number of methoxy groups -OCH3 is 1. The zero-order chi connectivity index (χ0) is 22.2. The molecular formula is C25H20BrN3O3. The van der Waals surface area contributed by atoms with E-state index in [0.717, 1.165) is 38.0 Å². The lowest BCUT2D eigenvalue weighted by Crippen LogP contribution is -2.49. The number of imidazole rings is 1. The van der Waals surface area contributed by atoms with Crippen LogP contribution in [0.15, 0.2) is 71.2 Å². The van der Waals surface area contributed by atoms with Crippen molar-refractivity contribution in [3.8, 4) is 11.4 Å². The molecule has 3 aromatic carbocycles. The quantitative estimate of drug-likeness (QED) is 0.422. The highest BCUT2D eigenvalue weighted by Crippen LogP contribution is 2.29. The minimum absolute atomic E-state index is 0.219. The highest BCUT2D eigenvalue weighted by Gasteiger charge is 2.36. The largest absolute Gasteiger partial charge is 0.467 e. The molecule has 4 aromatic rings. The standard InChI is InChI=1S/C25H20BrN3O3/c1-32-25(31)22-13-16-7-9-19(26)11-18(16)14-29(22)24(30)17-8-10-20-21(12-17)28-23(27-20)15-5-3-2-4-6-15/h2-12,22H,13-14H2,1H3,(H,27,28). The highest BCUT2D eigenvalue weighted by molar-refractivity contribution is 9.10. The molecule has 2 heterocycles. The number of rotatable bonds is 3. The molecule has 160 valence electrons. The molecule has 5 rings (SSSR count). The lowest BCUT2D eigenvalue weighted by molar-refractivity contribution is -0.146. The molecule has 0 bridgehead atoms. The molecule has 1 aromatic heterocycles. The predicted octanol–water partition coefficient (Wildman–Crippen LogP) is 4.73. The Morgan fingerprint density at radius 1 is 1.06 bits per heavy atom. The minimum Gasteiger partial charge on any atom is -0.467 e. The molecule has 0 saturated carbocycles. The van der Waals surface area contributed by atoms with Crippen LogP contribution in [0.3, 0.4) is 0 Å². The Hall–Kier alpha value is -3.45. The summed E-state index contributed by atoms with van der Waals surface area (Å²) in [6.07, 6.45) is 0.422. The van der Waals surface area contributed by atoms with Crippen LogP contribution in [0.1, 0.15) is 21.5 Å². The zero-order valence-corrected chi connectivity index (χ0v) is 18.9. The number of ether oxygens (including phenoxy) is 1. The average molecular weight is 490 g/mol. The van der Waals surface area contributed by atoms with Crippen molar-refractivity contribution in [2.45, 2.75) is 19.0 Å². The van der Waals surface area contributed by atoms with Crippen LogP contribution in [0.4, 0.5) is 0 Å². The SMILES string of the molecule is COC(=O)C1Cc2ccc(Br)cc2CN1C(=O)c1ccc2nc(-c3ccccc3)[nH]c2c1. The first-order valence-electron chi connectivity index (χ1n) is 10.2. The fourth-order valence-corrected chi connectivity index (χ4v) is 4.56. The highest BCUT2D eigenvalue weighted by atomic mass is 79.9. The molecule has 1 amide bonds. The van der Waals surface area contributed by atoms with Crippen LogP contribution in [0.2, 0.25) is 0 Å². The van der Waals surface area contributed by atoms with Crippen molar-refractivity contribution in [2.75, 3.05) is 7.11 Å². The number of H-pyrrole nitrogens is 1. The number of aromatic amines is 1. The van der Waals surface area contributed by atoms with E-state index in [4.69, 9.17) is 4.74 Å². The first kappa shape index (κ1) is 20.5. The van der Waals surface area contributed by atoms with Gasteiger partial charge < -0.3 is 14.6 Å². The van der Waals surface area contributed by atoms with Gasteiger partial charge in [-0.25, -0.2) is 9.78 Å². The van der Waals surface area contributed by atoms with Gasteiger partial charge in [-0.3, -0.25) is 4.79 Å². The average Bonchev–Trinajstić information content (AvgIpc) is 3.26. The smallest absolute Gasteiger partial charge is 0.328 e. The number of halogens is 1. The summed E-state index contributed by atoms with van der Waals surface area (Å²) < 4.78 is 5.95. The van der Waals surface area contributed by atoms with Crippen LogP contribution < -0.4 is 0 Å². The van der Waals surface area contributed by atoms with Crippen LogP contribution in [0, 0.1) is 0 Å². The third kappa shape index (κ3) is 3.69. The summed E-state index contributed by atoms with van der Waals surface area (Å²) in [5, 5.41) is 0. The van der Waals surface area contributed by atoms with Crippen molar-refractivity contribution in [3.05, 3.63) is 87.9 Å². The summed E-state index contributed by atoms with van der Waals surface area (Å²) in [5.41, 5.74) is 5.07. The molecule has 1 aliphatic heterocycles. The lowest BCUT2D eigenvalue weighted by atomic mass is 9.93. The van der Waals surface area contributed by atoms with Crippen molar-refractivity contribution in [1.82, 2.24) is 14.9 Å². The van der Waals surface area contributed by atoms with E-state index in [1.807, 2.05) is 54.6 Å². The van der Waals surface area contributed by atoms with Crippen LogP contribution in [-0.4, -0.2) is 39.9 Å². The lowest BCUT2D eigenvalue weighted by Gasteiger charge is -2.35. The number of nitrogens with one attached hydrogen (secondary N) is 1. The van der Waals surface area contributed by atoms with E-state index in [1.165, 1.54) is 7.11 Å². The van der Waals surface area contributed by atoms with E-state index < -0.39 is 12.0 Å². The van der Waals surface area contributed by atoms with Gasteiger partial charge in [-0.2, -0.15) is 0 Å². The van der Waals surface area contributed by atoms with Crippen molar-refractivity contribution in [2.24, 2.45) is 0 Å². The maximum atomic E-state index is 13.5. The Bertz CT molecular complexity index is 1330. The summed E-state index contributed by atoms with van der Waals surface area (Å²) in [5.74, 6) is 0.110. The molecule has 1 N–H and O–H groups in total. The van der Waals surface area contributed by atoms with Gasteiger partial charge in [0.15, 0.2) is 0 Å². The van der Waals surface area contributed by atoms with E-state index >= 15 is 0 Å². The zero-order valence-electron chi connectivity index (χ0n) is 17.3. The molecule has 1 atom stereocenters. The van der Waals surface area contributed by atoms with E-state index in [1.54, 1.807) is 17.0 Å². The normalized spacial score (nSPS) is 15.4. The Balaban J connectivity index is 1.50. The fraction of sp³-hybridized carbons (Fsp3) is 0.160. The molecular weight excluding hydrogens is 470 g/mol. The van der Waals surface area contributed by atoms with E-state index in [0.29, 0.717) is 18.5 Å². The minimum atomic E-state index is -0.668. The monoisotopic (exact) mass is 489 g/mol. The summed E-state index contributed by atoms with van der Waals surface area (Å²) in [4.78, 5) is 35.6. The van der Waals surface area contributed by atoms with Crippen molar-refractivity contribution in [3.63, 3.8) is 0 Å². The molecule has 7 heteroatoms. The Morgan fingerprint density at radius 2 is 1.88 bits per heavy atom. The van der Waals surface area contributed by atoms with Crippen LogP contribution in [0.5, 0.6) is 0 Å². The predicted molar refractivity (Wildman–Crippen MR) is 125 cm³/mol. The second-order valence-electron chi connectivity index (χ2n) is 7.77. The number of carbonyl (C=O) groups is 2. The molecule has 0 saturated heterocycles. The van der Waals surface area contributed by atoms with Gasteiger partial charge in [0.1, 0.15) is 11.9 Å². The van der Waals surface area contributed by atoms with Gasteiger partial charge in [0.2, 0.25) is 0 Å². The molecule has 1 aliphatic rings. The molecule has 32 heavy (non-hydrogen) atoms. The van der Waals surface area contributed by atoms with Crippen LogP contribution in [0.25, 0.3) is 22.4 Å². The van der Waals surface area contributed by atoms with Crippen LogP contribution in [-0.2, 0) is 22.5 Å². The van der Waals surface area contributed by atoms with Gasteiger partial charge in [0, 0.05) is 28.6 Å². The van der Waals surface area contributed by atoms with Crippen molar-refractivity contribution >= 4 is 38.8 Å². The van der Waals surface area contributed by atoms with Crippen molar-refractivity contribution in [1.29, 1.82) is 0 Å². The first-order valence-corrected chi connectivity index (χ1v) is 11.0. The van der Waals surface area contributed by atoms with E-state index in [-0.39, 0.29) is 5.91 Å². The Labute approximate surface area is 193 Å². The first-order chi connectivity index (χ1) is 15.5. The maximum absolute atomic E-state index is 13.5. The number of hydrogen-bond donors (Lipinski definition) is 1. The number of aromatic nitrogens is 2. The molecule has 0 aliphatic carbocycles. The summed E-state index contributed by atoms with van der Waals surface area (Å²) in [7, 11) is 1.35. The molecule has 0 spiro atoms. The summed E-state index contributed by atoms with van der Waals surface area (Å²) in [6.45, 7) is 0.337. The third-order valence-electron chi connectivity index (χ3n) is 5.81. The molecule has 6 nitrogen and oxygen atoms in total. The van der Waals surface area contributed by atoms with Gasteiger partial charge in [-0.1, -0.05) is 52.3 Å². The van der Waals surface area contributed by atoms with E-state index in [2.05, 4.69) is 25.9 Å². The maximum Gasteiger partial charge on any atom is 0.328 e. The second kappa shape index (κ2) is 8.24. The fourth-order valence-electron chi connectivity index (χ4n) is 4.15. The van der Waals surface area contributed by atoms with Gasteiger partial charge in [-0.15, -0.1) is 0 Å². The van der Waals surface area contributed by atoms with Gasteiger partial charge in [0.05, 0.1) is 18.1 Å². The van der Waals surface area contributed by atoms with Gasteiger partial charge in [-0.05, 0) is 41.5 Å². The van der Waals surface area contributed by atoms with Gasteiger partial charge in [0.25, 0.3) is 5.91 Å². The summed E-state index contributed by atoms with van der Waals surface area (Å²) >= 11 is 3.49. The number of carbonyl (C=O) groups excluding carboxylic acids is 2. The number of amides is 1. The third-order valence-corrected chi connectivity index (χ3v) is 6.30. The summed E-state index contributed by atoms with van der Waals surface area (Å²) in [6, 6.07) is 20.5. The number of fused-ring (bicyclic) bond motifs is 2. The Kier molecular flexibility index (Phi) is 5.27. The van der Waals surface area contributed by atoms with Crippen molar-refractivity contribution < 1.29 is 14.3 Å². The topological polar surface area (TPSA) is 75.3 Å².